The van der Waals surface area contributed by atoms with Crippen molar-refractivity contribution in [1.82, 2.24) is 10.6 Å². The molecule has 0 bridgehead atoms. The van der Waals surface area contributed by atoms with E-state index in [9.17, 15) is 4.79 Å². The van der Waals surface area contributed by atoms with Crippen LogP contribution < -0.4 is 10.6 Å². The lowest BCUT2D eigenvalue weighted by atomic mass is 10.1. The minimum atomic E-state index is 0. The Morgan fingerprint density at radius 3 is 2.63 bits per heavy atom. The number of ether oxygens (including phenoxy) is 1. The summed E-state index contributed by atoms with van der Waals surface area (Å²) in [5.74, 6) is 0.0219. The third-order valence-corrected chi connectivity index (χ3v) is 2.62. The molecule has 0 aliphatic heterocycles. The highest BCUT2D eigenvalue weighted by Gasteiger charge is 2.04. The largest absolute Gasteiger partial charge is 0.374 e. The van der Waals surface area contributed by atoms with Crippen molar-refractivity contribution in [2.24, 2.45) is 0 Å². The maximum Gasteiger partial charge on any atom is 0.233 e. The van der Waals surface area contributed by atoms with Gasteiger partial charge in [0.05, 0.1) is 12.6 Å². The maximum atomic E-state index is 11.1. The van der Waals surface area contributed by atoms with Gasteiger partial charge in [0.15, 0.2) is 0 Å². The highest BCUT2D eigenvalue weighted by Crippen LogP contribution is 2.15. The molecule has 1 unspecified atom stereocenters. The second kappa shape index (κ2) is 10.8. The number of carbonyl (C=O) groups excluding carboxylic acids is 1. The SMILES string of the molecule is CNCC(=O)NCCCOC(C)c1ccccc1.Cl. The third kappa shape index (κ3) is 7.82. The van der Waals surface area contributed by atoms with Gasteiger partial charge in [0.1, 0.15) is 0 Å². The van der Waals surface area contributed by atoms with Crippen molar-refractivity contribution in [3.63, 3.8) is 0 Å². The van der Waals surface area contributed by atoms with Crippen molar-refractivity contribution < 1.29 is 9.53 Å². The molecule has 0 saturated carbocycles. The molecule has 1 atom stereocenters. The molecular weight excluding hydrogens is 264 g/mol. The van der Waals surface area contributed by atoms with Crippen molar-refractivity contribution in [1.29, 1.82) is 0 Å². The molecule has 0 heterocycles. The summed E-state index contributed by atoms with van der Waals surface area (Å²) in [6.45, 7) is 3.70. The Morgan fingerprint density at radius 2 is 2.00 bits per heavy atom. The first-order valence-electron chi connectivity index (χ1n) is 6.32. The number of likely N-dealkylation sites (N-methyl/N-ethyl adjacent to an activating group) is 1. The molecular formula is C14H23ClN2O2. The first-order valence-corrected chi connectivity index (χ1v) is 6.32. The van der Waals surface area contributed by atoms with E-state index < -0.39 is 0 Å². The predicted octanol–water partition coefficient (Wildman–Crippen LogP) is 1.91. The lowest BCUT2D eigenvalue weighted by Gasteiger charge is -2.13. The second-order valence-electron chi connectivity index (χ2n) is 4.16. The number of benzene rings is 1. The van der Waals surface area contributed by atoms with Gasteiger partial charge >= 0.3 is 0 Å². The second-order valence-corrected chi connectivity index (χ2v) is 4.16. The summed E-state index contributed by atoms with van der Waals surface area (Å²) in [6.07, 6.45) is 0.923. The van der Waals surface area contributed by atoms with Crippen LogP contribution >= 0.6 is 12.4 Å². The van der Waals surface area contributed by atoms with Gasteiger partial charge in [0.25, 0.3) is 0 Å². The van der Waals surface area contributed by atoms with Crippen molar-refractivity contribution in [3.8, 4) is 0 Å². The lowest BCUT2D eigenvalue weighted by molar-refractivity contribution is -0.120. The van der Waals surface area contributed by atoms with Gasteiger partial charge in [0, 0.05) is 13.2 Å². The Kier molecular flexibility index (Phi) is 10.2. The number of hydrogen-bond donors (Lipinski definition) is 2. The molecule has 0 aromatic heterocycles. The maximum absolute atomic E-state index is 11.1. The van der Waals surface area contributed by atoms with E-state index in [0.717, 1.165) is 6.42 Å². The summed E-state index contributed by atoms with van der Waals surface area (Å²) in [5.41, 5.74) is 1.18. The van der Waals surface area contributed by atoms with Gasteiger partial charge in [-0.25, -0.2) is 0 Å². The summed E-state index contributed by atoms with van der Waals surface area (Å²) in [6, 6.07) is 10.1. The van der Waals surface area contributed by atoms with Crippen LogP contribution in [0.15, 0.2) is 30.3 Å². The fourth-order valence-electron chi connectivity index (χ4n) is 1.60. The molecule has 0 aliphatic rings. The van der Waals surface area contributed by atoms with E-state index in [0.29, 0.717) is 19.7 Å². The number of carbonyl (C=O) groups is 1. The van der Waals surface area contributed by atoms with Crippen molar-refractivity contribution >= 4 is 18.3 Å². The smallest absolute Gasteiger partial charge is 0.233 e. The normalized spacial score (nSPS) is 11.5. The number of hydrogen-bond acceptors (Lipinski definition) is 3. The van der Waals surface area contributed by atoms with Gasteiger partial charge in [-0.1, -0.05) is 30.3 Å². The lowest BCUT2D eigenvalue weighted by Crippen LogP contribution is -2.33. The molecule has 1 aromatic carbocycles. The van der Waals surface area contributed by atoms with Crippen LogP contribution in [0.1, 0.15) is 25.0 Å². The standard InChI is InChI=1S/C14H22N2O2.ClH/c1-12(13-7-4-3-5-8-13)18-10-6-9-16-14(17)11-15-2;/h3-5,7-8,12,15H,6,9-11H2,1-2H3,(H,16,17);1H. The van der Waals surface area contributed by atoms with E-state index in [4.69, 9.17) is 4.74 Å². The van der Waals surface area contributed by atoms with E-state index in [1.807, 2.05) is 25.1 Å². The highest BCUT2D eigenvalue weighted by atomic mass is 35.5. The van der Waals surface area contributed by atoms with Gasteiger partial charge < -0.3 is 15.4 Å². The van der Waals surface area contributed by atoms with Gasteiger partial charge in [0.2, 0.25) is 5.91 Å². The van der Waals surface area contributed by atoms with Crippen LogP contribution in [0.2, 0.25) is 0 Å². The third-order valence-electron chi connectivity index (χ3n) is 2.62. The van der Waals surface area contributed by atoms with Crippen LogP contribution in [-0.4, -0.2) is 32.7 Å². The van der Waals surface area contributed by atoms with E-state index in [1.54, 1.807) is 7.05 Å². The number of nitrogens with one attached hydrogen (secondary N) is 2. The van der Waals surface area contributed by atoms with Gasteiger partial charge in [-0.05, 0) is 26.0 Å². The number of amides is 1. The summed E-state index contributed by atoms with van der Waals surface area (Å²) < 4.78 is 5.70. The summed E-state index contributed by atoms with van der Waals surface area (Å²) >= 11 is 0. The van der Waals surface area contributed by atoms with Crippen molar-refractivity contribution in [2.75, 3.05) is 26.7 Å². The highest BCUT2D eigenvalue weighted by molar-refractivity contribution is 5.85. The average molecular weight is 287 g/mol. The fraction of sp³-hybridized carbons (Fsp3) is 0.500. The summed E-state index contributed by atoms with van der Waals surface area (Å²) in [7, 11) is 1.75. The first kappa shape index (κ1) is 17.9. The monoisotopic (exact) mass is 286 g/mol. The average Bonchev–Trinajstić information content (AvgIpc) is 2.39. The molecule has 4 nitrogen and oxygen atoms in total. The van der Waals surface area contributed by atoms with Crippen molar-refractivity contribution in [3.05, 3.63) is 35.9 Å². The van der Waals surface area contributed by atoms with Crippen LogP contribution in [0.3, 0.4) is 0 Å². The fourth-order valence-corrected chi connectivity index (χ4v) is 1.60. The molecule has 5 heteroatoms. The van der Waals surface area contributed by atoms with Gasteiger partial charge in [-0.2, -0.15) is 0 Å². The van der Waals surface area contributed by atoms with E-state index in [2.05, 4.69) is 22.8 Å². The molecule has 0 aliphatic carbocycles. The molecule has 0 saturated heterocycles. The van der Waals surface area contributed by atoms with Crippen LogP contribution in [0.25, 0.3) is 0 Å². The summed E-state index contributed by atoms with van der Waals surface area (Å²) in [4.78, 5) is 11.1. The molecule has 0 spiro atoms. The Labute approximate surface area is 121 Å². The molecule has 0 radical (unpaired) electrons. The Hall–Kier alpha value is -1.10. The van der Waals surface area contributed by atoms with Crippen LogP contribution in [0, 0.1) is 0 Å². The van der Waals surface area contributed by atoms with E-state index in [-0.39, 0.29) is 24.4 Å². The Balaban J connectivity index is 0.00000324. The predicted molar refractivity (Wildman–Crippen MR) is 79.6 cm³/mol. The zero-order valence-corrected chi connectivity index (χ0v) is 12.3. The van der Waals surface area contributed by atoms with Crippen LogP contribution in [-0.2, 0) is 9.53 Å². The van der Waals surface area contributed by atoms with Crippen molar-refractivity contribution in [2.45, 2.75) is 19.4 Å². The molecule has 1 rings (SSSR count). The molecule has 19 heavy (non-hydrogen) atoms. The molecule has 108 valence electrons. The van der Waals surface area contributed by atoms with E-state index in [1.165, 1.54) is 5.56 Å². The Morgan fingerprint density at radius 1 is 1.32 bits per heavy atom. The van der Waals surface area contributed by atoms with Crippen LogP contribution in [0.4, 0.5) is 0 Å². The van der Waals surface area contributed by atoms with Gasteiger partial charge in [-0.3, -0.25) is 4.79 Å². The minimum Gasteiger partial charge on any atom is -0.374 e. The summed E-state index contributed by atoms with van der Waals surface area (Å²) in [5, 5.41) is 5.62. The quantitative estimate of drug-likeness (QED) is 0.718. The number of rotatable bonds is 8. The zero-order chi connectivity index (χ0) is 13.2. The molecule has 1 amide bonds. The topological polar surface area (TPSA) is 50.4 Å². The van der Waals surface area contributed by atoms with E-state index >= 15 is 0 Å². The molecule has 0 fully saturated rings. The first-order chi connectivity index (χ1) is 8.74. The zero-order valence-electron chi connectivity index (χ0n) is 11.5. The number of halogens is 1. The van der Waals surface area contributed by atoms with Crippen LogP contribution in [0.5, 0.6) is 0 Å². The van der Waals surface area contributed by atoms with Gasteiger partial charge in [-0.15, -0.1) is 12.4 Å². The minimum absolute atomic E-state index is 0. The Bertz CT molecular complexity index is 347. The molecule has 2 N–H and O–H groups in total. The molecule has 1 aromatic rings.